The molecule has 4 rings (SSSR count). The van der Waals surface area contributed by atoms with Crippen LogP contribution in [0.4, 0.5) is 5.69 Å². The van der Waals surface area contributed by atoms with Crippen molar-refractivity contribution in [2.45, 2.75) is 30.7 Å². The maximum absolute atomic E-state index is 13.8. The highest BCUT2D eigenvalue weighted by Crippen LogP contribution is 2.51. The van der Waals surface area contributed by atoms with Crippen molar-refractivity contribution in [3.8, 4) is 5.75 Å². The van der Waals surface area contributed by atoms with Gasteiger partial charge < -0.3 is 25.2 Å². The van der Waals surface area contributed by atoms with E-state index >= 15 is 0 Å². The number of nitrogens with zero attached hydrogens (tertiary/aromatic N) is 2. The maximum atomic E-state index is 13.8. The summed E-state index contributed by atoms with van der Waals surface area (Å²) >= 11 is 6.35. The van der Waals surface area contributed by atoms with E-state index in [0.29, 0.717) is 33.1 Å². The Kier molecular flexibility index (Phi) is 5.89. The van der Waals surface area contributed by atoms with Crippen LogP contribution >= 0.6 is 11.6 Å². The van der Waals surface area contributed by atoms with Crippen molar-refractivity contribution in [3.63, 3.8) is 0 Å². The molecule has 9 heteroatoms. The van der Waals surface area contributed by atoms with Gasteiger partial charge in [0.2, 0.25) is 5.91 Å². The number of benzene rings is 2. The standard InChI is InChI=1S/C23H26ClN3O5/c1-26(2)21(30)19-10-15(29)11-27(19)23(17-8-13(12-28)4-7-20(17)32-3)16-9-14(24)5-6-18(16)25-22(23)31/h4-9,15,19,28-29H,10-12H2,1-3H3,(H,25,31)/t15-,19+,23?/m1/s1. The highest BCUT2D eigenvalue weighted by atomic mass is 35.5. The zero-order chi connectivity index (χ0) is 23.2. The van der Waals surface area contributed by atoms with Crippen molar-refractivity contribution < 1.29 is 24.5 Å². The van der Waals surface area contributed by atoms with Gasteiger partial charge in [-0.3, -0.25) is 14.5 Å². The number of β-amino-alcohol motifs (C(OH)–C–C–N with tert-alkyl or cyclic N) is 1. The number of anilines is 1. The number of likely N-dealkylation sites (tertiary alicyclic amines) is 1. The van der Waals surface area contributed by atoms with Gasteiger partial charge in [-0.1, -0.05) is 17.7 Å². The van der Waals surface area contributed by atoms with E-state index in [1.165, 1.54) is 12.0 Å². The molecule has 0 saturated carbocycles. The monoisotopic (exact) mass is 459 g/mol. The quantitative estimate of drug-likeness (QED) is 0.627. The first kappa shape index (κ1) is 22.5. The number of methoxy groups -OCH3 is 1. The van der Waals surface area contributed by atoms with Gasteiger partial charge >= 0.3 is 0 Å². The lowest BCUT2D eigenvalue weighted by atomic mass is 9.80. The summed E-state index contributed by atoms with van der Waals surface area (Å²) in [5.41, 5.74) is 0.682. The molecule has 2 aliphatic rings. The normalized spacial score (nSPS) is 24.9. The number of carbonyl (C=O) groups excluding carboxylic acids is 2. The fourth-order valence-corrected chi connectivity index (χ4v) is 4.99. The summed E-state index contributed by atoms with van der Waals surface area (Å²) in [5, 5.41) is 23.7. The molecule has 32 heavy (non-hydrogen) atoms. The van der Waals surface area contributed by atoms with Gasteiger partial charge in [0.1, 0.15) is 5.75 Å². The highest BCUT2D eigenvalue weighted by Gasteiger charge is 2.59. The second kappa shape index (κ2) is 8.37. The van der Waals surface area contributed by atoms with Gasteiger partial charge in [-0.15, -0.1) is 0 Å². The lowest BCUT2D eigenvalue weighted by molar-refractivity contribution is -0.138. The van der Waals surface area contributed by atoms with Crippen molar-refractivity contribution >= 4 is 29.1 Å². The number of likely N-dealkylation sites (N-methyl/N-ethyl adjacent to an activating group) is 1. The lowest BCUT2D eigenvalue weighted by Crippen LogP contribution is -2.57. The van der Waals surface area contributed by atoms with Crippen molar-refractivity contribution in [3.05, 3.63) is 58.1 Å². The zero-order valence-corrected chi connectivity index (χ0v) is 18.9. The Hall–Kier alpha value is -2.65. The minimum absolute atomic E-state index is 0.0934. The van der Waals surface area contributed by atoms with Crippen molar-refractivity contribution in [1.82, 2.24) is 9.80 Å². The smallest absolute Gasteiger partial charge is 0.254 e. The molecule has 2 aromatic rings. The van der Waals surface area contributed by atoms with E-state index in [9.17, 15) is 19.8 Å². The Morgan fingerprint density at radius 3 is 2.69 bits per heavy atom. The van der Waals surface area contributed by atoms with Crippen LogP contribution in [0.15, 0.2) is 36.4 Å². The molecule has 3 N–H and O–H groups in total. The highest BCUT2D eigenvalue weighted by molar-refractivity contribution is 6.31. The fraction of sp³-hybridized carbons (Fsp3) is 0.391. The number of aliphatic hydroxyl groups is 2. The van der Waals surface area contributed by atoms with Crippen LogP contribution in [0.3, 0.4) is 0 Å². The van der Waals surface area contributed by atoms with Crippen molar-refractivity contribution in [2.75, 3.05) is 33.1 Å². The molecule has 8 nitrogen and oxygen atoms in total. The summed E-state index contributed by atoms with van der Waals surface area (Å²) in [6.45, 7) is -0.143. The van der Waals surface area contributed by atoms with Gasteiger partial charge in [-0.2, -0.15) is 0 Å². The van der Waals surface area contributed by atoms with Crippen LogP contribution in [0.1, 0.15) is 23.1 Å². The summed E-state index contributed by atoms with van der Waals surface area (Å²) in [5.74, 6) is -0.182. The second-order valence-electron chi connectivity index (χ2n) is 8.34. The molecule has 2 amide bonds. The molecular weight excluding hydrogens is 434 g/mol. The van der Waals surface area contributed by atoms with E-state index in [4.69, 9.17) is 16.3 Å². The molecule has 0 radical (unpaired) electrons. The van der Waals surface area contributed by atoms with Crippen LogP contribution in [0.2, 0.25) is 5.02 Å². The average molecular weight is 460 g/mol. The first-order valence-corrected chi connectivity index (χ1v) is 10.7. The Morgan fingerprint density at radius 1 is 1.28 bits per heavy atom. The number of halogens is 1. The van der Waals surface area contributed by atoms with Crippen LogP contribution in [-0.2, 0) is 21.7 Å². The molecule has 2 aliphatic heterocycles. The van der Waals surface area contributed by atoms with Gasteiger partial charge in [-0.05, 0) is 42.3 Å². The molecule has 170 valence electrons. The number of ether oxygens (including phenoxy) is 1. The molecule has 2 heterocycles. The van der Waals surface area contributed by atoms with Gasteiger partial charge in [0.05, 0.1) is 25.9 Å². The predicted octanol–water partition coefficient (Wildman–Crippen LogP) is 1.56. The van der Waals surface area contributed by atoms with E-state index in [0.717, 1.165) is 0 Å². The number of fused-ring (bicyclic) bond motifs is 1. The Balaban J connectivity index is 2.06. The van der Waals surface area contributed by atoms with E-state index in [1.54, 1.807) is 55.4 Å². The largest absolute Gasteiger partial charge is 0.496 e. The maximum Gasteiger partial charge on any atom is 0.254 e. The number of nitrogens with one attached hydrogen (secondary N) is 1. The topological polar surface area (TPSA) is 102 Å². The van der Waals surface area contributed by atoms with Gasteiger partial charge in [0.25, 0.3) is 5.91 Å². The number of aliphatic hydroxyl groups excluding tert-OH is 2. The van der Waals surface area contributed by atoms with Crippen LogP contribution in [0.5, 0.6) is 5.75 Å². The lowest BCUT2D eigenvalue weighted by Gasteiger charge is -2.41. The molecular formula is C23H26ClN3O5. The number of hydrogen-bond acceptors (Lipinski definition) is 6. The van der Waals surface area contributed by atoms with E-state index in [1.807, 2.05) is 0 Å². The van der Waals surface area contributed by atoms with E-state index in [-0.39, 0.29) is 31.4 Å². The third kappa shape index (κ3) is 3.34. The number of carbonyl (C=O) groups is 2. The molecule has 1 fully saturated rings. The van der Waals surface area contributed by atoms with Crippen LogP contribution in [-0.4, -0.2) is 71.7 Å². The molecule has 0 aliphatic carbocycles. The predicted molar refractivity (Wildman–Crippen MR) is 120 cm³/mol. The molecule has 3 atom stereocenters. The third-order valence-corrected chi connectivity index (χ3v) is 6.46. The Morgan fingerprint density at radius 2 is 2.03 bits per heavy atom. The SMILES string of the molecule is COc1ccc(CO)cc1C1(N2C[C@H](O)C[C@H]2C(=O)N(C)C)C(=O)Nc2ccc(Cl)cc21. The van der Waals surface area contributed by atoms with Gasteiger partial charge in [0.15, 0.2) is 5.54 Å². The first-order valence-electron chi connectivity index (χ1n) is 10.3. The Bertz CT molecular complexity index is 1080. The molecule has 0 spiro atoms. The van der Waals surface area contributed by atoms with E-state index in [2.05, 4.69) is 5.32 Å². The number of hydrogen-bond donors (Lipinski definition) is 3. The summed E-state index contributed by atoms with van der Waals surface area (Å²) in [4.78, 5) is 30.2. The van der Waals surface area contributed by atoms with Crippen LogP contribution in [0.25, 0.3) is 0 Å². The van der Waals surface area contributed by atoms with Crippen molar-refractivity contribution in [2.24, 2.45) is 0 Å². The molecule has 1 saturated heterocycles. The van der Waals surface area contributed by atoms with Crippen LogP contribution < -0.4 is 10.1 Å². The number of amides is 2. The summed E-state index contributed by atoms with van der Waals surface area (Å²) in [6, 6.07) is 9.45. The summed E-state index contributed by atoms with van der Waals surface area (Å²) in [6.07, 6.45) is -0.618. The van der Waals surface area contributed by atoms with Crippen LogP contribution in [0, 0.1) is 0 Å². The molecule has 2 aromatic carbocycles. The zero-order valence-electron chi connectivity index (χ0n) is 18.1. The summed E-state index contributed by atoms with van der Waals surface area (Å²) < 4.78 is 5.63. The average Bonchev–Trinajstić information content (AvgIpc) is 3.29. The van der Waals surface area contributed by atoms with E-state index < -0.39 is 17.7 Å². The first-order chi connectivity index (χ1) is 15.2. The van der Waals surface area contributed by atoms with Crippen molar-refractivity contribution in [1.29, 1.82) is 0 Å². The molecule has 0 aromatic heterocycles. The second-order valence-corrected chi connectivity index (χ2v) is 8.77. The third-order valence-electron chi connectivity index (χ3n) is 6.22. The number of rotatable bonds is 5. The minimum Gasteiger partial charge on any atom is -0.496 e. The van der Waals surface area contributed by atoms with Gasteiger partial charge in [0, 0.05) is 42.5 Å². The fourth-order valence-electron chi connectivity index (χ4n) is 4.82. The molecule has 1 unspecified atom stereocenters. The molecule has 0 bridgehead atoms. The minimum atomic E-state index is -1.50. The summed E-state index contributed by atoms with van der Waals surface area (Å²) in [7, 11) is 4.78. The Labute approximate surface area is 191 Å². The van der Waals surface area contributed by atoms with Gasteiger partial charge in [-0.25, -0.2) is 0 Å².